The Balaban J connectivity index is 2.65. The lowest BCUT2D eigenvalue weighted by atomic mass is 9.80. The van der Waals surface area contributed by atoms with Gasteiger partial charge < -0.3 is 5.11 Å². The molecule has 0 spiro atoms. The third kappa shape index (κ3) is 4.99. The Hall–Kier alpha value is -1.31. The van der Waals surface area contributed by atoms with Gasteiger partial charge in [-0.1, -0.05) is 58.9 Å². The van der Waals surface area contributed by atoms with Gasteiger partial charge in [-0.2, -0.15) is 0 Å². The Bertz CT molecular complexity index is 441. The molecule has 1 rings (SSSR count). The van der Waals surface area contributed by atoms with E-state index in [-0.39, 0.29) is 17.3 Å². The number of aliphatic carboxylic acids is 1. The molecule has 0 aromatic heterocycles. The molecule has 0 heterocycles. The lowest BCUT2D eigenvalue weighted by Gasteiger charge is -2.24. The monoisotopic (exact) mass is 276 g/mol. The van der Waals surface area contributed by atoms with Crippen LogP contribution in [0.4, 0.5) is 0 Å². The molecule has 0 aliphatic heterocycles. The number of rotatable bonds is 7. The van der Waals surface area contributed by atoms with Crippen molar-refractivity contribution >= 4 is 5.97 Å². The molecule has 20 heavy (non-hydrogen) atoms. The van der Waals surface area contributed by atoms with Crippen molar-refractivity contribution in [1.29, 1.82) is 0 Å². The Morgan fingerprint density at radius 3 is 2.10 bits per heavy atom. The van der Waals surface area contributed by atoms with Crippen LogP contribution in [0.15, 0.2) is 24.3 Å². The fourth-order valence-electron chi connectivity index (χ4n) is 2.31. The Morgan fingerprint density at radius 2 is 1.65 bits per heavy atom. The van der Waals surface area contributed by atoms with E-state index in [4.69, 9.17) is 5.11 Å². The van der Waals surface area contributed by atoms with Crippen LogP contribution >= 0.6 is 0 Å². The predicted octanol–water partition coefficient (Wildman–Crippen LogP) is 4.81. The van der Waals surface area contributed by atoms with E-state index in [1.165, 1.54) is 11.1 Å². The van der Waals surface area contributed by atoms with Crippen molar-refractivity contribution in [2.24, 2.45) is 5.41 Å². The fraction of sp³-hybridized carbons (Fsp3) is 0.611. The fourth-order valence-corrected chi connectivity index (χ4v) is 2.31. The average molecular weight is 276 g/mol. The van der Waals surface area contributed by atoms with Gasteiger partial charge in [0.05, 0.1) is 6.42 Å². The smallest absolute Gasteiger partial charge is 0.303 e. The first-order valence-corrected chi connectivity index (χ1v) is 7.47. The summed E-state index contributed by atoms with van der Waals surface area (Å²) in [4.78, 5) is 10.8. The molecule has 0 saturated carbocycles. The molecule has 1 aromatic carbocycles. The summed E-state index contributed by atoms with van der Waals surface area (Å²) < 4.78 is 0. The maximum absolute atomic E-state index is 10.8. The molecule has 1 aromatic rings. The first kappa shape index (κ1) is 16.7. The van der Waals surface area contributed by atoms with E-state index in [0.717, 1.165) is 19.3 Å². The Kier molecular flexibility index (Phi) is 5.38. The zero-order valence-corrected chi connectivity index (χ0v) is 13.5. The van der Waals surface area contributed by atoms with Crippen LogP contribution in [0.25, 0.3) is 0 Å². The lowest BCUT2D eigenvalue weighted by molar-refractivity contribution is -0.139. The number of carboxylic acid groups (broad SMARTS) is 1. The van der Waals surface area contributed by atoms with Crippen LogP contribution < -0.4 is 0 Å². The number of aryl methyl sites for hydroxylation is 1. The zero-order valence-electron chi connectivity index (χ0n) is 13.5. The summed E-state index contributed by atoms with van der Waals surface area (Å²) in [6.45, 7) is 10.8. The minimum absolute atomic E-state index is 0.146. The highest BCUT2D eigenvalue weighted by Gasteiger charge is 2.22. The molecule has 0 unspecified atom stereocenters. The van der Waals surface area contributed by atoms with Crippen LogP contribution in [-0.2, 0) is 16.6 Å². The molecular weight excluding hydrogens is 248 g/mol. The number of carbonyl (C=O) groups is 1. The minimum atomic E-state index is -0.713. The second-order valence-electron chi connectivity index (χ2n) is 7.17. The number of hydrogen-bond acceptors (Lipinski definition) is 1. The van der Waals surface area contributed by atoms with Crippen molar-refractivity contribution in [3.63, 3.8) is 0 Å². The van der Waals surface area contributed by atoms with Crippen LogP contribution in [0.1, 0.15) is 65.0 Å². The first-order chi connectivity index (χ1) is 9.16. The van der Waals surface area contributed by atoms with Crippen molar-refractivity contribution in [2.45, 2.75) is 65.7 Å². The zero-order chi connectivity index (χ0) is 15.4. The molecule has 2 nitrogen and oxygen atoms in total. The summed E-state index contributed by atoms with van der Waals surface area (Å²) >= 11 is 0. The molecule has 0 radical (unpaired) electrons. The molecule has 0 aliphatic rings. The van der Waals surface area contributed by atoms with Crippen molar-refractivity contribution in [3.05, 3.63) is 35.4 Å². The number of carboxylic acids is 1. The van der Waals surface area contributed by atoms with Gasteiger partial charge in [-0.25, -0.2) is 0 Å². The molecule has 0 aliphatic carbocycles. The Morgan fingerprint density at radius 1 is 1.10 bits per heavy atom. The van der Waals surface area contributed by atoms with E-state index < -0.39 is 5.97 Å². The summed E-state index contributed by atoms with van der Waals surface area (Å²) in [5.41, 5.74) is 2.74. The summed E-state index contributed by atoms with van der Waals surface area (Å²) in [6, 6.07) is 8.79. The van der Waals surface area contributed by atoms with Gasteiger partial charge in [0.2, 0.25) is 0 Å². The van der Waals surface area contributed by atoms with Crippen LogP contribution in [0, 0.1) is 5.41 Å². The topological polar surface area (TPSA) is 37.3 Å². The molecule has 0 saturated heterocycles. The average Bonchev–Trinajstić information content (AvgIpc) is 2.35. The minimum Gasteiger partial charge on any atom is -0.481 e. The van der Waals surface area contributed by atoms with E-state index in [2.05, 4.69) is 45.0 Å². The summed E-state index contributed by atoms with van der Waals surface area (Å²) in [6.07, 6.45) is 3.19. The van der Waals surface area contributed by atoms with E-state index in [9.17, 15) is 4.79 Å². The molecule has 0 fully saturated rings. The molecule has 0 bridgehead atoms. The summed E-state index contributed by atoms with van der Waals surface area (Å²) in [5.74, 6) is -0.713. The lowest BCUT2D eigenvalue weighted by Crippen LogP contribution is -2.18. The SMILES string of the molecule is CCC(C)(C)c1ccc(CCC(C)(C)CC(=O)O)cc1. The van der Waals surface area contributed by atoms with Gasteiger partial charge >= 0.3 is 5.97 Å². The second kappa shape index (κ2) is 6.43. The standard InChI is InChI=1S/C18H28O2/c1-6-18(4,5)15-9-7-14(8-10-15)11-12-17(2,3)13-16(19)20/h7-10H,6,11-13H2,1-5H3,(H,19,20). The van der Waals surface area contributed by atoms with E-state index in [1.54, 1.807) is 0 Å². The maximum atomic E-state index is 10.8. The molecule has 2 heteroatoms. The van der Waals surface area contributed by atoms with E-state index in [1.807, 2.05) is 13.8 Å². The normalized spacial score (nSPS) is 12.4. The number of hydrogen-bond donors (Lipinski definition) is 1. The summed E-state index contributed by atoms with van der Waals surface area (Å²) in [7, 11) is 0. The Labute approximate surface area is 123 Å². The van der Waals surface area contributed by atoms with Crippen LogP contribution in [0.5, 0.6) is 0 Å². The van der Waals surface area contributed by atoms with Crippen molar-refractivity contribution in [2.75, 3.05) is 0 Å². The van der Waals surface area contributed by atoms with Crippen LogP contribution in [-0.4, -0.2) is 11.1 Å². The molecule has 1 N–H and O–H groups in total. The largest absolute Gasteiger partial charge is 0.481 e. The van der Waals surface area contributed by atoms with Gasteiger partial charge in [-0.15, -0.1) is 0 Å². The van der Waals surface area contributed by atoms with Gasteiger partial charge in [0.15, 0.2) is 0 Å². The van der Waals surface area contributed by atoms with Crippen molar-refractivity contribution in [3.8, 4) is 0 Å². The third-order valence-corrected chi connectivity index (χ3v) is 4.34. The molecule has 0 atom stereocenters. The highest BCUT2D eigenvalue weighted by atomic mass is 16.4. The third-order valence-electron chi connectivity index (χ3n) is 4.34. The van der Waals surface area contributed by atoms with Gasteiger partial charge in [0.25, 0.3) is 0 Å². The molecular formula is C18H28O2. The second-order valence-corrected chi connectivity index (χ2v) is 7.17. The maximum Gasteiger partial charge on any atom is 0.303 e. The highest BCUT2D eigenvalue weighted by Crippen LogP contribution is 2.29. The first-order valence-electron chi connectivity index (χ1n) is 7.47. The van der Waals surface area contributed by atoms with E-state index in [0.29, 0.717) is 0 Å². The molecule has 0 amide bonds. The van der Waals surface area contributed by atoms with Crippen LogP contribution in [0.2, 0.25) is 0 Å². The quantitative estimate of drug-likeness (QED) is 0.776. The van der Waals surface area contributed by atoms with Gasteiger partial charge in [0, 0.05) is 0 Å². The summed E-state index contributed by atoms with van der Waals surface area (Å²) in [5, 5.41) is 8.90. The number of benzene rings is 1. The van der Waals surface area contributed by atoms with Gasteiger partial charge in [-0.3, -0.25) is 4.79 Å². The van der Waals surface area contributed by atoms with Gasteiger partial charge in [0.1, 0.15) is 0 Å². The van der Waals surface area contributed by atoms with Crippen molar-refractivity contribution in [1.82, 2.24) is 0 Å². The van der Waals surface area contributed by atoms with Gasteiger partial charge in [-0.05, 0) is 41.2 Å². The predicted molar refractivity (Wildman–Crippen MR) is 84.1 cm³/mol. The van der Waals surface area contributed by atoms with Crippen molar-refractivity contribution < 1.29 is 9.90 Å². The highest BCUT2D eigenvalue weighted by molar-refractivity contribution is 5.67. The van der Waals surface area contributed by atoms with E-state index >= 15 is 0 Å². The van der Waals surface area contributed by atoms with Crippen LogP contribution in [0.3, 0.4) is 0 Å². The molecule has 112 valence electrons.